The van der Waals surface area contributed by atoms with Gasteiger partial charge in [0.05, 0.1) is 6.54 Å². The highest BCUT2D eigenvalue weighted by atomic mass is 19.3. The standard InChI is InChI=1S/C8H15F2NO3/c9-7(10)3-11-1-5(4-12)6(2-11)8(13)14/h5-8,12-14H,1-4H2/t5-,6?/m1/s1. The average Bonchev–Trinajstić information content (AvgIpc) is 2.46. The first-order valence-corrected chi connectivity index (χ1v) is 4.52. The van der Waals surface area contributed by atoms with Crippen LogP contribution >= 0.6 is 0 Å². The molecule has 0 aromatic rings. The van der Waals surface area contributed by atoms with Gasteiger partial charge in [-0.15, -0.1) is 0 Å². The molecule has 0 bridgehead atoms. The molecule has 0 aromatic heterocycles. The minimum atomic E-state index is -2.43. The highest BCUT2D eigenvalue weighted by Crippen LogP contribution is 2.25. The molecule has 1 aliphatic heterocycles. The van der Waals surface area contributed by atoms with Gasteiger partial charge >= 0.3 is 0 Å². The third kappa shape index (κ3) is 2.84. The maximum atomic E-state index is 12.0. The lowest BCUT2D eigenvalue weighted by Gasteiger charge is -2.17. The SMILES string of the molecule is OC[C@H]1CN(CC(F)F)CC1C(O)O. The summed E-state index contributed by atoms with van der Waals surface area (Å²) >= 11 is 0. The van der Waals surface area contributed by atoms with Crippen LogP contribution < -0.4 is 0 Å². The summed E-state index contributed by atoms with van der Waals surface area (Å²) in [5.74, 6) is -0.854. The summed E-state index contributed by atoms with van der Waals surface area (Å²) in [5, 5.41) is 26.8. The van der Waals surface area contributed by atoms with E-state index in [-0.39, 0.29) is 25.6 Å². The van der Waals surface area contributed by atoms with E-state index in [9.17, 15) is 8.78 Å². The van der Waals surface area contributed by atoms with Crippen LogP contribution in [-0.2, 0) is 0 Å². The van der Waals surface area contributed by atoms with Gasteiger partial charge < -0.3 is 15.3 Å². The molecule has 6 heteroatoms. The van der Waals surface area contributed by atoms with Crippen molar-refractivity contribution in [3.05, 3.63) is 0 Å². The van der Waals surface area contributed by atoms with Gasteiger partial charge in [-0.2, -0.15) is 0 Å². The van der Waals surface area contributed by atoms with Crippen molar-refractivity contribution in [3.8, 4) is 0 Å². The van der Waals surface area contributed by atoms with Crippen LogP contribution in [-0.4, -0.2) is 59.2 Å². The Morgan fingerprint density at radius 1 is 1.29 bits per heavy atom. The number of likely N-dealkylation sites (tertiary alicyclic amines) is 1. The molecule has 4 nitrogen and oxygen atoms in total. The highest BCUT2D eigenvalue weighted by molar-refractivity contribution is 4.84. The minimum absolute atomic E-state index is 0.202. The second kappa shape index (κ2) is 4.97. The Labute approximate surface area is 80.8 Å². The fourth-order valence-electron chi connectivity index (χ4n) is 1.86. The van der Waals surface area contributed by atoms with E-state index in [2.05, 4.69) is 0 Å². The highest BCUT2D eigenvalue weighted by Gasteiger charge is 2.36. The largest absolute Gasteiger partial charge is 0.396 e. The number of hydrogen-bond donors (Lipinski definition) is 3. The van der Waals surface area contributed by atoms with Crippen LogP contribution in [0.4, 0.5) is 8.78 Å². The predicted molar refractivity (Wildman–Crippen MR) is 44.7 cm³/mol. The van der Waals surface area contributed by atoms with E-state index < -0.39 is 18.6 Å². The molecule has 2 atom stereocenters. The molecule has 1 rings (SSSR count). The van der Waals surface area contributed by atoms with E-state index in [1.165, 1.54) is 4.90 Å². The van der Waals surface area contributed by atoms with Crippen molar-refractivity contribution < 1.29 is 24.1 Å². The van der Waals surface area contributed by atoms with Crippen molar-refractivity contribution >= 4 is 0 Å². The smallest absolute Gasteiger partial charge is 0.251 e. The molecule has 0 aromatic carbocycles. The fourth-order valence-corrected chi connectivity index (χ4v) is 1.86. The summed E-state index contributed by atoms with van der Waals surface area (Å²) in [6.45, 7) is -0.0852. The van der Waals surface area contributed by atoms with Crippen LogP contribution in [0, 0.1) is 11.8 Å². The molecule has 14 heavy (non-hydrogen) atoms. The van der Waals surface area contributed by atoms with Crippen LogP contribution in [0.2, 0.25) is 0 Å². The number of hydrogen-bond acceptors (Lipinski definition) is 4. The summed E-state index contributed by atoms with van der Waals surface area (Å²) in [4.78, 5) is 1.44. The normalized spacial score (nSPS) is 29.4. The lowest BCUT2D eigenvalue weighted by Crippen LogP contribution is -2.29. The van der Waals surface area contributed by atoms with Gasteiger partial charge in [0.15, 0.2) is 6.29 Å². The molecule has 84 valence electrons. The van der Waals surface area contributed by atoms with E-state index in [1.807, 2.05) is 0 Å². The Hall–Kier alpha value is -0.300. The molecule has 0 aliphatic carbocycles. The van der Waals surface area contributed by atoms with Gasteiger partial charge in [0, 0.05) is 31.5 Å². The van der Waals surface area contributed by atoms with Crippen molar-refractivity contribution in [2.45, 2.75) is 12.7 Å². The molecular formula is C8H15F2NO3. The quantitative estimate of drug-likeness (QED) is 0.527. The van der Waals surface area contributed by atoms with Crippen molar-refractivity contribution in [1.82, 2.24) is 4.90 Å². The number of nitrogens with zero attached hydrogens (tertiary/aromatic N) is 1. The van der Waals surface area contributed by atoms with Crippen molar-refractivity contribution in [2.75, 3.05) is 26.2 Å². The topological polar surface area (TPSA) is 63.9 Å². The summed E-state index contributed by atoms with van der Waals surface area (Å²) in [6.07, 6.45) is -3.97. The van der Waals surface area contributed by atoms with E-state index in [0.29, 0.717) is 6.54 Å². The zero-order valence-electron chi connectivity index (χ0n) is 7.68. The second-order valence-electron chi connectivity index (χ2n) is 3.63. The van der Waals surface area contributed by atoms with Gasteiger partial charge in [-0.05, 0) is 0 Å². The molecule has 0 amide bonds. The number of rotatable bonds is 4. The van der Waals surface area contributed by atoms with Crippen LogP contribution in [0.5, 0.6) is 0 Å². The summed E-state index contributed by atoms with van der Waals surface area (Å²) in [6, 6.07) is 0. The molecule has 3 N–H and O–H groups in total. The Morgan fingerprint density at radius 3 is 2.29 bits per heavy atom. The molecule has 1 heterocycles. The van der Waals surface area contributed by atoms with Gasteiger partial charge in [-0.3, -0.25) is 4.90 Å². The predicted octanol–water partition coefficient (Wildman–Crippen LogP) is -0.897. The first kappa shape index (κ1) is 11.8. The summed E-state index contributed by atoms with van der Waals surface area (Å²) in [5.41, 5.74) is 0. The van der Waals surface area contributed by atoms with E-state index in [4.69, 9.17) is 15.3 Å². The Bertz CT molecular complexity index is 180. The zero-order chi connectivity index (χ0) is 10.7. The fraction of sp³-hybridized carbons (Fsp3) is 1.00. The summed E-state index contributed by atoms with van der Waals surface area (Å²) in [7, 11) is 0. The average molecular weight is 211 g/mol. The molecule has 1 fully saturated rings. The first-order valence-electron chi connectivity index (χ1n) is 4.52. The van der Waals surface area contributed by atoms with Crippen LogP contribution in [0.25, 0.3) is 0 Å². The maximum Gasteiger partial charge on any atom is 0.251 e. The summed E-state index contributed by atoms with van der Waals surface area (Å²) < 4.78 is 24.0. The zero-order valence-corrected chi connectivity index (χ0v) is 7.68. The molecule has 1 unspecified atom stereocenters. The van der Waals surface area contributed by atoms with Gasteiger partial charge in [-0.1, -0.05) is 0 Å². The number of alkyl halides is 2. The van der Waals surface area contributed by atoms with Crippen LogP contribution in [0.15, 0.2) is 0 Å². The maximum absolute atomic E-state index is 12.0. The Balaban J connectivity index is 2.47. The van der Waals surface area contributed by atoms with E-state index >= 15 is 0 Å². The third-order valence-corrected chi connectivity index (χ3v) is 2.58. The number of halogens is 2. The monoisotopic (exact) mass is 211 g/mol. The Morgan fingerprint density at radius 2 is 1.93 bits per heavy atom. The lowest BCUT2D eigenvalue weighted by molar-refractivity contribution is -0.0952. The van der Waals surface area contributed by atoms with Crippen molar-refractivity contribution in [3.63, 3.8) is 0 Å². The first-order chi connectivity index (χ1) is 6.54. The molecule has 0 radical (unpaired) electrons. The van der Waals surface area contributed by atoms with Crippen LogP contribution in [0.1, 0.15) is 0 Å². The second-order valence-corrected chi connectivity index (χ2v) is 3.63. The van der Waals surface area contributed by atoms with Gasteiger partial charge in [0.1, 0.15) is 0 Å². The molecule has 0 saturated carbocycles. The minimum Gasteiger partial charge on any atom is -0.396 e. The lowest BCUT2D eigenvalue weighted by atomic mass is 9.97. The van der Waals surface area contributed by atoms with Gasteiger partial charge in [0.25, 0.3) is 6.43 Å². The van der Waals surface area contributed by atoms with E-state index in [0.717, 1.165) is 0 Å². The van der Waals surface area contributed by atoms with Crippen molar-refractivity contribution in [2.24, 2.45) is 11.8 Å². The van der Waals surface area contributed by atoms with Crippen LogP contribution in [0.3, 0.4) is 0 Å². The number of aliphatic hydroxyl groups excluding tert-OH is 2. The number of aliphatic hydroxyl groups is 3. The Kier molecular flexibility index (Phi) is 4.18. The third-order valence-electron chi connectivity index (χ3n) is 2.58. The van der Waals surface area contributed by atoms with E-state index in [1.54, 1.807) is 0 Å². The molecule has 0 spiro atoms. The molecule has 1 saturated heterocycles. The van der Waals surface area contributed by atoms with Gasteiger partial charge in [0.2, 0.25) is 0 Å². The molecular weight excluding hydrogens is 196 g/mol. The molecule has 1 aliphatic rings. The van der Waals surface area contributed by atoms with Crippen molar-refractivity contribution in [1.29, 1.82) is 0 Å². The van der Waals surface area contributed by atoms with Gasteiger partial charge in [-0.25, -0.2) is 8.78 Å².